The smallest absolute Gasteiger partial charge is 0.326 e. The highest BCUT2D eigenvalue weighted by Gasteiger charge is 2.33. The lowest BCUT2D eigenvalue weighted by Gasteiger charge is -2.21. The molecule has 0 saturated carbocycles. The minimum Gasteiger partial charge on any atom is -0.480 e. The number of carbonyl (C=O) groups excluding carboxylic acids is 1. The van der Waals surface area contributed by atoms with Gasteiger partial charge in [-0.3, -0.25) is 4.79 Å². The Morgan fingerprint density at radius 2 is 2.27 bits per heavy atom. The molecule has 0 unspecified atom stereocenters. The van der Waals surface area contributed by atoms with Crippen molar-refractivity contribution in [2.45, 2.75) is 31.7 Å². The molecule has 0 spiro atoms. The zero-order valence-corrected chi connectivity index (χ0v) is 9.03. The van der Waals surface area contributed by atoms with Crippen LogP contribution in [0.4, 0.5) is 0 Å². The predicted octanol–water partition coefficient (Wildman–Crippen LogP) is 0.0616. The molecule has 0 aromatic rings. The molecule has 1 atom stereocenters. The number of carboxylic acids is 1. The average Bonchev–Trinajstić information content (AvgIpc) is 2.66. The summed E-state index contributed by atoms with van der Waals surface area (Å²) in [5.41, 5.74) is 0. The number of carboxylic acid groups (broad SMARTS) is 1. The Morgan fingerprint density at radius 3 is 2.87 bits per heavy atom. The lowest BCUT2D eigenvalue weighted by Crippen LogP contribution is -2.40. The molecule has 5 heteroatoms. The fourth-order valence-electron chi connectivity index (χ4n) is 1.88. The van der Waals surface area contributed by atoms with Crippen molar-refractivity contribution in [3.63, 3.8) is 0 Å². The SMILES string of the molecule is CNCCCC(=O)N1CCC[C@@H]1C(=O)O. The first-order valence-electron chi connectivity index (χ1n) is 5.33. The minimum absolute atomic E-state index is 0.0323. The molecule has 0 bridgehead atoms. The molecule has 5 nitrogen and oxygen atoms in total. The third-order valence-electron chi connectivity index (χ3n) is 2.68. The van der Waals surface area contributed by atoms with Gasteiger partial charge in [0.15, 0.2) is 0 Å². The van der Waals surface area contributed by atoms with Crippen LogP contribution < -0.4 is 5.32 Å². The highest BCUT2D eigenvalue weighted by Crippen LogP contribution is 2.18. The molecule has 1 aliphatic rings. The molecule has 0 aliphatic carbocycles. The van der Waals surface area contributed by atoms with Gasteiger partial charge in [-0.05, 0) is 32.9 Å². The first-order valence-corrected chi connectivity index (χ1v) is 5.33. The Balaban J connectivity index is 2.40. The normalized spacial score (nSPS) is 20.6. The van der Waals surface area contributed by atoms with E-state index in [0.717, 1.165) is 19.4 Å². The van der Waals surface area contributed by atoms with Gasteiger partial charge in [0.1, 0.15) is 6.04 Å². The number of amides is 1. The second-order valence-corrected chi connectivity index (χ2v) is 3.79. The van der Waals surface area contributed by atoms with E-state index < -0.39 is 12.0 Å². The fraction of sp³-hybridized carbons (Fsp3) is 0.800. The summed E-state index contributed by atoms with van der Waals surface area (Å²) in [6.07, 6.45) is 2.59. The molecule has 1 rings (SSSR count). The van der Waals surface area contributed by atoms with Crippen LogP contribution in [0.1, 0.15) is 25.7 Å². The van der Waals surface area contributed by atoms with Crippen LogP contribution in [0.2, 0.25) is 0 Å². The average molecular weight is 214 g/mol. The second-order valence-electron chi connectivity index (χ2n) is 3.79. The number of likely N-dealkylation sites (tertiary alicyclic amines) is 1. The van der Waals surface area contributed by atoms with Gasteiger partial charge in [0.25, 0.3) is 0 Å². The monoisotopic (exact) mass is 214 g/mol. The van der Waals surface area contributed by atoms with Gasteiger partial charge in [0, 0.05) is 13.0 Å². The number of nitrogens with zero attached hydrogens (tertiary/aromatic N) is 1. The number of hydrogen-bond donors (Lipinski definition) is 2. The predicted molar refractivity (Wildman–Crippen MR) is 55.5 cm³/mol. The van der Waals surface area contributed by atoms with Gasteiger partial charge in [-0.15, -0.1) is 0 Å². The van der Waals surface area contributed by atoms with Crippen molar-refractivity contribution in [3.8, 4) is 0 Å². The molecular weight excluding hydrogens is 196 g/mol. The van der Waals surface area contributed by atoms with Gasteiger partial charge < -0.3 is 15.3 Å². The maximum Gasteiger partial charge on any atom is 0.326 e. The van der Waals surface area contributed by atoms with Gasteiger partial charge in [0.2, 0.25) is 5.91 Å². The minimum atomic E-state index is -0.880. The van der Waals surface area contributed by atoms with Crippen LogP contribution in [0.5, 0.6) is 0 Å². The number of carbonyl (C=O) groups is 2. The molecular formula is C10H18N2O3. The van der Waals surface area contributed by atoms with E-state index >= 15 is 0 Å². The zero-order chi connectivity index (χ0) is 11.3. The number of rotatable bonds is 5. The molecule has 86 valence electrons. The Kier molecular flexibility index (Phi) is 4.55. The number of aliphatic carboxylic acids is 1. The molecule has 1 fully saturated rings. The van der Waals surface area contributed by atoms with Crippen LogP contribution in [0.15, 0.2) is 0 Å². The van der Waals surface area contributed by atoms with Gasteiger partial charge >= 0.3 is 5.97 Å². The maximum absolute atomic E-state index is 11.7. The van der Waals surface area contributed by atoms with Crippen LogP contribution in [0.3, 0.4) is 0 Å². The summed E-state index contributed by atoms with van der Waals surface area (Å²) in [4.78, 5) is 24.0. The van der Waals surface area contributed by atoms with Gasteiger partial charge in [-0.1, -0.05) is 0 Å². The Bertz CT molecular complexity index is 243. The van der Waals surface area contributed by atoms with E-state index in [9.17, 15) is 9.59 Å². The first-order chi connectivity index (χ1) is 7.16. The second kappa shape index (κ2) is 5.70. The molecule has 2 N–H and O–H groups in total. The molecule has 15 heavy (non-hydrogen) atoms. The summed E-state index contributed by atoms with van der Waals surface area (Å²) < 4.78 is 0. The van der Waals surface area contributed by atoms with Crippen molar-refractivity contribution in [1.82, 2.24) is 10.2 Å². The van der Waals surface area contributed by atoms with E-state index in [1.54, 1.807) is 0 Å². The van der Waals surface area contributed by atoms with Crippen LogP contribution >= 0.6 is 0 Å². The molecule has 0 aromatic heterocycles. The van der Waals surface area contributed by atoms with Crippen molar-refractivity contribution in [2.24, 2.45) is 0 Å². The first kappa shape index (κ1) is 12.0. The molecule has 1 heterocycles. The third kappa shape index (κ3) is 3.20. The van der Waals surface area contributed by atoms with Crippen molar-refractivity contribution in [1.29, 1.82) is 0 Å². The zero-order valence-electron chi connectivity index (χ0n) is 9.03. The van der Waals surface area contributed by atoms with E-state index in [0.29, 0.717) is 19.4 Å². The van der Waals surface area contributed by atoms with E-state index in [-0.39, 0.29) is 5.91 Å². The number of nitrogens with one attached hydrogen (secondary N) is 1. The summed E-state index contributed by atoms with van der Waals surface area (Å²) in [6, 6.07) is -0.591. The fourth-order valence-corrected chi connectivity index (χ4v) is 1.88. The van der Waals surface area contributed by atoms with Crippen LogP contribution in [-0.2, 0) is 9.59 Å². The summed E-state index contributed by atoms with van der Waals surface area (Å²) in [5.74, 6) is -0.912. The van der Waals surface area contributed by atoms with Gasteiger partial charge in [-0.25, -0.2) is 4.79 Å². The molecule has 1 saturated heterocycles. The van der Waals surface area contributed by atoms with Crippen LogP contribution in [0.25, 0.3) is 0 Å². The third-order valence-corrected chi connectivity index (χ3v) is 2.68. The Hall–Kier alpha value is -1.10. The summed E-state index contributed by atoms with van der Waals surface area (Å²) in [6.45, 7) is 1.38. The highest BCUT2D eigenvalue weighted by atomic mass is 16.4. The largest absolute Gasteiger partial charge is 0.480 e. The van der Waals surface area contributed by atoms with Crippen LogP contribution in [-0.4, -0.2) is 48.1 Å². The Morgan fingerprint density at radius 1 is 1.53 bits per heavy atom. The van der Waals surface area contributed by atoms with E-state index in [2.05, 4.69) is 5.32 Å². The lowest BCUT2D eigenvalue weighted by atomic mass is 10.2. The number of hydrogen-bond acceptors (Lipinski definition) is 3. The quantitative estimate of drug-likeness (QED) is 0.635. The van der Waals surface area contributed by atoms with Crippen molar-refractivity contribution < 1.29 is 14.7 Å². The van der Waals surface area contributed by atoms with Gasteiger partial charge in [0.05, 0.1) is 0 Å². The van der Waals surface area contributed by atoms with E-state index in [4.69, 9.17) is 5.11 Å². The molecule has 0 aromatic carbocycles. The highest BCUT2D eigenvalue weighted by molar-refractivity contribution is 5.84. The van der Waals surface area contributed by atoms with E-state index in [1.807, 2.05) is 7.05 Å². The van der Waals surface area contributed by atoms with Crippen molar-refractivity contribution >= 4 is 11.9 Å². The standard InChI is InChI=1S/C10H18N2O3/c1-11-6-2-5-9(13)12-7-3-4-8(12)10(14)15/h8,11H,2-7H2,1H3,(H,14,15)/t8-/m1/s1. The molecule has 1 aliphatic heterocycles. The van der Waals surface area contributed by atoms with E-state index in [1.165, 1.54) is 4.90 Å². The maximum atomic E-state index is 11.7. The summed E-state index contributed by atoms with van der Waals surface area (Å²) >= 11 is 0. The summed E-state index contributed by atoms with van der Waals surface area (Å²) in [5, 5.41) is 11.9. The summed E-state index contributed by atoms with van der Waals surface area (Å²) in [7, 11) is 1.83. The molecule has 1 amide bonds. The van der Waals surface area contributed by atoms with Crippen molar-refractivity contribution in [3.05, 3.63) is 0 Å². The lowest BCUT2D eigenvalue weighted by molar-refractivity contribution is -0.148. The topological polar surface area (TPSA) is 69.6 Å². The Labute approximate surface area is 89.4 Å². The van der Waals surface area contributed by atoms with Crippen LogP contribution in [0, 0.1) is 0 Å². The van der Waals surface area contributed by atoms with Crippen molar-refractivity contribution in [2.75, 3.05) is 20.1 Å². The molecule has 0 radical (unpaired) electrons. The van der Waals surface area contributed by atoms with Gasteiger partial charge in [-0.2, -0.15) is 0 Å².